The van der Waals surface area contributed by atoms with Crippen LogP contribution in [0.3, 0.4) is 0 Å². The number of hydrogen-bond donors (Lipinski definition) is 0. The van der Waals surface area contributed by atoms with E-state index in [4.69, 9.17) is 4.74 Å². The van der Waals surface area contributed by atoms with Gasteiger partial charge in [-0.25, -0.2) is 0 Å². The summed E-state index contributed by atoms with van der Waals surface area (Å²) >= 11 is 0. The molecule has 0 saturated carbocycles. The third kappa shape index (κ3) is 3.17. The molecule has 4 aliphatic heterocycles. The number of aromatic nitrogens is 2. The van der Waals surface area contributed by atoms with E-state index in [1.54, 1.807) is 7.11 Å². The molecule has 5 heteroatoms. The van der Waals surface area contributed by atoms with Crippen molar-refractivity contribution in [3.63, 3.8) is 0 Å². The van der Waals surface area contributed by atoms with Crippen molar-refractivity contribution in [2.24, 2.45) is 5.92 Å². The first-order valence-corrected chi connectivity index (χ1v) is 10.4. The zero-order valence-electron chi connectivity index (χ0n) is 16.2. The average molecular weight is 367 g/mol. The maximum Gasteiger partial charge on any atom is 0.118 e. The highest BCUT2D eigenvalue weighted by Crippen LogP contribution is 2.46. The molecule has 0 unspecified atom stereocenters. The normalized spacial score (nSPS) is 32.6. The van der Waals surface area contributed by atoms with Crippen molar-refractivity contribution >= 4 is 0 Å². The van der Waals surface area contributed by atoms with E-state index in [0.717, 1.165) is 24.3 Å². The van der Waals surface area contributed by atoms with Crippen LogP contribution < -0.4 is 4.74 Å². The second kappa shape index (κ2) is 7.28. The lowest BCUT2D eigenvalue weighted by Gasteiger charge is -2.51. The molecule has 1 aromatic carbocycles. The number of fused-ring (bicyclic) bond motifs is 2. The molecule has 1 aromatic heterocycles. The number of piperidine rings is 3. The fraction of sp³-hybridized carbons (Fsp3) is 0.591. The Morgan fingerprint density at radius 3 is 2.59 bits per heavy atom. The predicted molar refractivity (Wildman–Crippen MR) is 106 cm³/mol. The molecular weight excluding hydrogens is 336 g/mol. The quantitative estimate of drug-likeness (QED) is 0.787. The van der Waals surface area contributed by atoms with E-state index < -0.39 is 0 Å². The Morgan fingerprint density at radius 2 is 1.89 bits per heavy atom. The first-order chi connectivity index (χ1) is 13.3. The van der Waals surface area contributed by atoms with Gasteiger partial charge in [-0.3, -0.25) is 14.5 Å². The standard InChI is InChI=1S/C22H30N4O/c1-27-19-6-4-17(5-7-19)20-16-25(11-3-13-26-12-2-10-23-26)21-18-8-14-24(15-9-18)22(20)21/h2,4-7,10,12,18,20-22H,3,8-9,11,13-16H2,1H3/t20-,21+,22+/m0/s1. The number of likely N-dealkylation sites (tertiary alicyclic amines) is 1. The Balaban J connectivity index is 1.34. The van der Waals surface area contributed by atoms with E-state index >= 15 is 0 Å². The molecule has 6 rings (SSSR count). The fourth-order valence-electron chi connectivity index (χ4n) is 5.81. The number of ether oxygens (including phenoxy) is 1. The van der Waals surface area contributed by atoms with Gasteiger partial charge in [0.05, 0.1) is 7.11 Å². The molecule has 2 bridgehead atoms. The van der Waals surface area contributed by atoms with Gasteiger partial charge in [-0.2, -0.15) is 5.10 Å². The summed E-state index contributed by atoms with van der Waals surface area (Å²) in [5.74, 6) is 2.46. The van der Waals surface area contributed by atoms with Crippen LogP contribution >= 0.6 is 0 Å². The number of rotatable bonds is 6. The summed E-state index contributed by atoms with van der Waals surface area (Å²) in [6.07, 6.45) is 7.88. The van der Waals surface area contributed by atoms with E-state index in [1.807, 2.05) is 12.3 Å². The van der Waals surface area contributed by atoms with Crippen molar-refractivity contribution in [2.75, 3.05) is 33.3 Å². The topological polar surface area (TPSA) is 33.5 Å². The largest absolute Gasteiger partial charge is 0.497 e. The second-order valence-electron chi connectivity index (χ2n) is 8.35. The van der Waals surface area contributed by atoms with Crippen molar-refractivity contribution in [3.05, 3.63) is 48.3 Å². The molecule has 4 fully saturated rings. The zero-order valence-corrected chi connectivity index (χ0v) is 16.2. The van der Waals surface area contributed by atoms with Gasteiger partial charge in [0.25, 0.3) is 0 Å². The molecule has 27 heavy (non-hydrogen) atoms. The van der Waals surface area contributed by atoms with Crippen LogP contribution in [0.2, 0.25) is 0 Å². The van der Waals surface area contributed by atoms with Crippen molar-refractivity contribution in [1.29, 1.82) is 0 Å². The van der Waals surface area contributed by atoms with Gasteiger partial charge in [-0.15, -0.1) is 0 Å². The molecule has 5 heterocycles. The summed E-state index contributed by atoms with van der Waals surface area (Å²) in [6, 6.07) is 12.3. The average Bonchev–Trinajstić information content (AvgIpc) is 3.38. The zero-order chi connectivity index (χ0) is 18.2. The summed E-state index contributed by atoms with van der Waals surface area (Å²) in [6.45, 7) is 5.97. The molecular formula is C22H30N4O. The lowest BCUT2D eigenvalue weighted by molar-refractivity contribution is -0.00697. The van der Waals surface area contributed by atoms with E-state index in [-0.39, 0.29) is 0 Å². The Morgan fingerprint density at radius 1 is 1.07 bits per heavy atom. The van der Waals surface area contributed by atoms with Crippen LogP contribution in [0, 0.1) is 5.92 Å². The molecule has 5 nitrogen and oxygen atoms in total. The second-order valence-corrected chi connectivity index (χ2v) is 8.35. The van der Waals surface area contributed by atoms with Crippen molar-refractivity contribution < 1.29 is 4.74 Å². The molecule has 4 aliphatic rings. The van der Waals surface area contributed by atoms with Gasteiger partial charge in [0, 0.05) is 50.0 Å². The molecule has 0 radical (unpaired) electrons. The first-order valence-electron chi connectivity index (χ1n) is 10.4. The third-order valence-corrected chi connectivity index (χ3v) is 7.03. The van der Waals surface area contributed by atoms with Crippen LogP contribution in [-0.2, 0) is 6.54 Å². The van der Waals surface area contributed by atoms with Crippen molar-refractivity contribution in [1.82, 2.24) is 19.6 Å². The minimum Gasteiger partial charge on any atom is -0.497 e. The van der Waals surface area contributed by atoms with E-state index in [2.05, 4.69) is 50.0 Å². The van der Waals surface area contributed by atoms with Crippen LogP contribution in [-0.4, -0.2) is 65.0 Å². The summed E-state index contributed by atoms with van der Waals surface area (Å²) in [4.78, 5) is 5.59. The third-order valence-electron chi connectivity index (χ3n) is 7.03. The predicted octanol–water partition coefficient (Wildman–Crippen LogP) is 2.84. The number of aryl methyl sites for hydroxylation is 1. The molecule has 0 spiro atoms. The van der Waals surface area contributed by atoms with Gasteiger partial charge < -0.3 is 4.74 Å². The Kier molecular flexibility index (Phi) is 4.66. The molecule has 2 aromatic rings. The van der Waals surface area contributed by atoms with Crippen molar-refractivity contribution in [2.45, 2.75) is 43.8 Å². The molecule has 0 N–H and O–H groups in total. The molecule has 144 valence electrons. The van der Waals surface area contributed by atoms with Gasteiger partial charge in [0.15, 0.2) is 0 Å². The lowest BCUT2D eigenvalue weighted by Crippen LogP contribution is -2.60. The molecule has 0 amide bonds. The van der Waals surface area contributed by atoms with Crippen LogP contribution in [0.1, 0.15) is 30.7 Å². The van der Waals surface area contributed by atoms with Gasteiger partial charge in [-0.05, 0) is 62.0 Å². The lowest BCUT2D eigenvalue weighted by atomic mass is 9.75. The monoisotopic (exact) mass is 366 g/mol. The summed E-state index contributed by atoms with van der Waals surface area (Å²) in [5, 5.41) is 4.36. The summed E-state index contributed by atoms with van der Waals surface area (Å²) < 4.78 is 7.43. The molecule has 0 aliphatic carbocycles. The Bertz CT molecular complexity index is 736. The van der Waals surface area contributed by atoms with E-state index in [9.17, 15) is 0 Å². The fourth-order valence-corrected chi connectivity index (χ4v) is 5.81. The maximum atomic E-state index is 5.37. The van der Waals surface area contributed by atoms with Crippen LogP contribution in [0.4, 0.5) is 0 Å². The number of benzene rings is 1. The number of nitrogens with zero attached hydrogens (tertiary/aromatic N) is 4. The van der Waals surface area contributed by atoms with E-state index in [1.165, 1.54) is 51.0 Å². The van der Waals surface area contributed by atoms with Gasteiger partial charge in [-0.1, -0.05) is 12.1 Å². The SMILES string of the molecule is COc1ccc([C@@H]2CN(CCCn3cccn3)[C@@H]3C4CCN(CC4)[C@@H]32)cc1. The highest BCUT2D eigenvalue weighted by atomic mass is 16.5. The Hall–Kier alpha value is -1.85. The minimum atomic E-state index is 0.619. The van der Waals surface area contributed by atoms with Crippen molar-refractivity contribution in [3.8, 4) is 5.75 Å². The van der Waals surface area contributed by atoms with Crippen LogP contribution in [0.5, 0.6) is 5.75 Å². The first kappa shape index (κ1) is 17.3. The summed E-state index contributed by atoms with van der Waals surface area (Å²) in [7, 11) is 1.74. The highest BCUT2D eigenvalue weighted by Gasteiger charge is 2.52. The van der Waals surface area contributed by atoms with Crippen LogP contribution in [0.25, 0.3) is 0 Å². The summed E-state index contributed by atoms with van der Waals surface area (Å²) in [5.41, 5.74) is 1.48. The van der Waals surface area contributed by atoms with Gasteiger partial charge in [0.2, 0.25) is 0 Å². The molecule has 3 atom stereocenters. The van der Waals surface area contributed by atoms with Gasteiger partial charge in [0.1, 0.15) is 5.75 Å². The number of methoxy groups -OCH3 is 1. The van der Waals surface area contributed by atoms with Crippen LogP contribution in [0.15, 0.2) is 42.7 Å². The Labute approximate surface area is 161 Å². The molecule has 4 saturated heterocycles. The smallest absolute Gasteiger partial charge is 0.118 e. The highest BCUT2D eigenvalue weighted by molar-refractivity contribution is 5.32. The van der Waals surface area contributed by atoms with E-state index in [0.29, 0.717) is 12.0 Å². The maximum absolute atomic E-state index is 5.37. The minimum absolute atomic E-state index is 0.619. The van der Waals surface area contributed by atoms with Gasteiger partial charge >= 0.3 is 0 Å². The number of hydrogen-bond acceptors (Lipinski definition) is 4.